The van der Waals surface area contributed by atoms with Gasteiger partial charge in [-0.2, -0.15) is 0 Å². The van der Waals surface area contributed by atoms with Gasteiger partial charge in [0.25, 0.3) is 0 Å². The first-order valence-electron chi connectivity index (χ1n) is 6.98. The minimum atomic E-state index is -0.408. The molecule has 0 aliphatic carbocycles. The summed E-state index contributed by atoms with van der Waals surface area (Å²) >= 11 is 1.34. The van der Waals surface area contributed by atoms with Crippen molar-refractivity contribution in [2.75, 3.05) is 12.3 Å². The van der Waals surface area contributed by atoms with Gasteiger partial charge >= 0.3 is 0 Å². The van der Waals surface area contributed by atoms with Gasteiger partial charge in [0.1, 0.15) is 11.6 Å². The van der Waals surface area contributed by atoms with Gasteiger partial charge in [0.2, 0.25) is 0 Å². The molecule has 4 heteroatoms. The first-order chi connectivity index (χ1) is 10.1. The molecule has 21 heavy (non-hydrogen) atoms. The Balaban J connectivity index is 2.14. The molecular weight excluding hydrogens is 288 g/mol. The highest BCUT2D eigenvalue weighted by molar-refractivity contribution is 7.99. The van der Waals surface area contributed by atoms with E-state index in [0.29, 0.717) is 10.6 Å². The van der Waals surface area contributed by atoms with E-state index in [9.17, 15) is 8.78 Å². The highest BCUT2D eigenvalue weighted by Gasteiger charge is 2.14. The molecule has 0 aliphatic rings. The van der Waals surface area contributed by atoms with Gasteiger partial charge in [0.15, 0.2) is 0 Å². The number of aryl methyl sites for hydroxylation is 1. The van der Waals surface area contributed by atoms with Gasteiger partial charge in [-0.1, -0.05) is 31.2 Å². The molecule has 0 amide bonds. The number of rotatable bonds is 6. The van der Waals surface area contributed by atoms with E-state index in [1.165, 1.54) is 35.0 Å². The molecule has 2 aromatic rings. The molecule has 0 aromatic heterocycles. The molecule has 0 aliphatic heterocycles. The van der Waals surface area contributed by atoms with Gasteiger partial charge < -0.3 is 5.32 Å². The Morgan fingerprint density at radius 2 is 1.90 bits per heavy atom. The fourth-order valence-corrected chi connectivity index (χ4v) is 3.29. The summed E-state index contributed by atoms with van der Waals surface area (Å²) in [5, 5.41) is 3.41. The Kier molecular flexibility index (Phi) is 5.76. The molecule has 0 saturated heterocycles. The van der Waals surface area contributed by atoms with E-state index in [0.717, 1.165) is 12.6 Å². The third kappa shape index (κ3) is 4.29. The molecule has 1 N–H and O–H groups in total. The van der Waals surface area contributed by atoms with Crippen LogP contribution in [0.1, 0.15) is 24.1 Å². The van der Waals surface area contributed by atoms with Gasteiger partial charge in [0, 0.05) is 16.7 Å². The summed E-state index contributed by atoms with van der Waals surface area (Å²) in [6, 6.07) is 11.8. The Morgan fingerprint density at radius 1 is 1.14 bits per heavy atom. The van der Waals surface area contributed by atoms with Crippen molar-refractivity contribution in [3.8, 4) is 0 Å². The molecule has 0 heterocycles. The lowest BCUT2D eigenvalue weighted by Gasteiger charge is -2.20. The summed E-state index contributed by atoms with van der Waals surface area (Å²) in [5.41, 5.74) is 2.40. The predicted molar refractivity (Wildman–Crippen MR) is 84.7 cm³/mol. The fraction of sp³-hybridized carbons (Fsp3) is 0.294. The smallest absolute Gasteiger partial charge is 0.136 e. The van der Waals surface area contributed by atoms with Crippen LogP contribution in [0.3, 0.4) is 0 Å². The normalized spacial score (nSPS) is 12.4. The Morgan fingerprint density at radius 3 is 2.62 bits per heavy atom. The van der Waals surface area contributed by atoms with E-state index in [-0.39, 0.29) is 11.9 Å². The highest BCUT2D eigenvalue weighted by Crippen LogP contribution is 2.28. The van der Waals surface area contributed by atoms with E-state index >= 15 is 0 Å². The van der Waals surface area contributed by atoms with Crippen molar-refractivity contribution in [2.45, 2.75) is 24.8 Å². The third-order valence-corrected chi connectivity index (χ3v) is 4.44. The average Bonchev–Trinajstić information content (AvgIpc) is 2.47. The van der Waals surface area contributed by atoms with Gasteiger partial charge in [-0.05, 0) is 42.8 Å². The monoisotopic (exact) mass is 307 g/mol. The van der Waals surface area contributed by atoms with E-state index in [2.05, 4.69) is 24.4 Å². The molecule has 1 atom stereocenters. The van der Waals surface area contributed by atoms with Crippen molar-refractivity contribution < 1.29 is 8.78 Å². The van der Waals surface area contributed by atoms with Crippen LogP contribution in [0, 0.1) is 18.6 Å². The maximum atomic E-state index is 13.7. The summed E-state index contributed by atoms with van der Waals surface area (Å²) in [4.78, 5) is 0.353. The first kappa shape index (κ1) is 16.0. The molecule has 112 valence electrons. The van der Waals surface area contributed by atoms with E-state index in [4.69, 9.17) is 0 Å². The average molecular weight is 307 g/mol. The molecule has 0 bridgehead atoms. The molecule has 0 saturated carbocycles. The van der Waals surface area contributed by atoms with Crippen molar-refractivity contribution >= 4 is 11.8 Å². The highest BCUT2D eigenvalue weighted by atomic mass is 32.2. The summed E-state index contributed by atoms with van der Waals surface area (Å²) in [6.45, 7) is 4.93. The summed E-state index contributed by atoms with van der Waals surface area (Å²) in [7, 11) is 0. The maximum absolute atomic E-state index is 13.7. The van der Waals surface area contributed by atoms with Crippen molar-refractivity contribution in [1.82, 2.24) is 5.32 Å². The van der Waals surface area contributed by atoms with Crippen LogP contribution in [0.5, 0.6) is 0 Å². The second-order valence-corrected chi connectivity index (χ2v) is 5.91. The zero-order valence-corrected chi connectivity index (χ0v) is 13.0. The minimum Gasteiger partial charge on any atom is -0.309 e. The zero-order chi connectivity index (χ0) is 15.2. The Hall–Kier alpha value is -1.39. The summed E-state index contributed by atoms with van der Waals surface area (Å²) in [6.07, 6.45) is 0. The van der Waals surface area contributed by atoms with E-state index < -0.39 is 5.82 Å². The van der Waals surface area contributed by atoms with Crippen molar-refractivity contribution in [3.05, 3.63) is 65.2 Å². The predicted octanol–water partition coefficient (Wildman–Crippen LogP) is 4.72. The van der Waals surface area contributed by atoms with E-state index in [1.807, 2.05) is 19.1 Å². The van der Waals surface area contributed by atoms with Crippen molar-refractivity contribution in [3.63, 3.8) is 0 Å². The molecule has 1 unspecified atom stereocenters. The van der Waals surface area contributed by atoms with Crippen LogP contribution in [0.4, 0.5) is 8.78 Å². The van der Waals surface area contributed by atoms with Gasteiger partial charge in [-0.3, -0.25) is 0 Å². The molecule has 2 aromatic carbocycles. The number of benzene rings is 2. The molecular formula is C17H19F2NS. The lowest BCUT2D eigenvalue weighted by Crippen LogP contribution is -2.23. The molecule has 0 spiro atoms. The van der Waals surface area contributed by atoms with Crippen LogP contribution in [0.2, 0.25) is 0 Å². The maximum Gasteiger partial charge on any atom is 0.136 e. The molecule has 0 radical (unpaired) electrons. The molecule has 0 fully saturated rings. The van der Waals surface area contributed by atoms with Crippen molar-refractivity contribution in [2.24, 2.45) is 0 Å². The second-order valence-electron chi connectivity index (χ2n) is 4.85. The van der Waals surface area contributed by atoms with E-state index in [1.54, 1.807) is 0 Å². The van der Waals surface area contributed by atoms with Crippen LogP contribution in [0.25, 0.3) is 0 Å². The number of hydrogen-bond acceptors (Lipinski definition) is 2. The lowest BCUT2D eigenvalue weighted by atomic mass is 10.0. The number of thioether (sulfide) groups is 1. The molecule has 1 nitrogen and oxygen atoms in total. The van der Waals surface area contributed by atoms with Crippen LogP contribution in [0.15, 0.2) is 47.4 Å². The van der Waals surface area contributed by atoms with Gasteiger partial charge in [0.05, 0.1) is 0 Å². The summed E-state index contributed by atoms with van der Waals surface area (Å²) in [5.74, 6) is -0.129. The van der Waals surface area contributed by atoms with Crippen LogP contribution >= 0.6 is 11.8 Å². The standard InChI is InChI=1S/C17H19F2NS/c1-3-20-16(14-7-5-4-6-12(14)2)11-21-17-10-13(18)8-9-15(17)19/h4-10,16,20H,3,11H2,1-2H3. The number of nitrogens with one attached hydrogen (secondary N) is 1. The third-order valence-electron chi connectivity index (χ3n) is 3.31. The minimum absolute atomic E-state index is 0.115. The number of hydrogen-bond donors (Lipinski definition) is 1. The second kappa shape index (κ2) is 7.57. The van der Waals surface area contributed by atoms with Gasteiger partial charge in [-0.25, -0.2) is 8.78 Å². The topological polar surface area (TPSA) is 12.0 Å². The van der Waals surface area contributed by atoms with Crippen LogP contribution in [-0.2, 0) is 0 Å². The van der Waals surface area contributed by atoms with Crippen molar-refractivity contribution in [1.29, 1.82) is 0 Å². The first-order valence-corrected chi connectivity index (χ1v) is 7.97. The quantitative estimate of drug-likeness (QED) is 0.775. The molecule has 2 rings (SSSR count). The zero-order valence-electron chi connectivity index (χ0n) is 12.2. The van der Waals surface area contributed by atoms with Crippen LogP contribution in [-0.4, -0.2) is 12.3 Å². The fourth-order valence-electron chi connectivity index (χ4n) is 2.24. The lowest BCUT2D eigenvalue weighted by molar-refractivity contribution is 0.575. The number of halogens is 2. The van der Waals surface area contributed by atoms with Crippen LogP contribution < -0.4 is 5.32 Å². The summed E-state index contributed by atoms with van der Waals surface area (Å²) < 4.78 is 26.9. The Bertz CT molecular complexity index is 601. The van der Waals surface area contributed by atoms with Gasteiger partial charge in [-0.15, -0.1) is 11.8 Å². The SMILES string of the molecule is CCNC(CSc1cc(F)ccc1F)c1ccccc1C. The Labute approximate surface area is 128 Å². The largest absolute Gasteiger partial charge is 0.309 e.